The van der Waals surface area contributed by atoms with Crippen LogP contribution < -0.4 is 5.73 Å². The Morgan fingerprint density at radius 2 is 1.53 bits per heavy atom. The summed E-state index contributed by atoms with van der Waals surface area (Å²) in [6.07, 6.45) is 3.99. The first-order chi connectivity index (χ1) is 9.16. The minimum Gasteiger partial charge on any atom is -0.398 e. The molecule has 0 unspecified atom stereocenters. The summed E-state index contributed by atoms with van der Waals surface area (Å²) in [4.78, 5) is 0. The zero-order valence-electron chi connectivity index (χ0n) is 11.4. The summed E-state index contributed by atoms with van der Waals surface area (Å²) >= 11 is 0. The Bertz CT molecular complexity index is 603. The monoisotopic (exact) mass is 249 g/mol. The van der Waals surface area contributed by atoms with Gasteiger partial charge in [0.1, 0.15) is 0 Å². The highest BCUT2D eigenvalue weighted by atomic mass is 14.6. The molecule has 0 saturated carbocycles. The standard InChI is InChI=1S/C18H19N/c1-14(2)11-12-18(19)17-10-6-9-16(13-17)15-7-4-3-5-8-15/h3-13H,19H2,1-2H3/b18-12-. The molecule has 1 heteroatoms. The third-order valence-corrected chi connectivity index (χ3v) is 2.90. The molecule has 0 atom stereocenters. The lowest BCUT2D eigenvalue weighted by Crippen LogP contribution is -1.95. The first-order valence-corrected chi connectivity index (χ1v) is 6.43. The van der Waals surface area contributed by atoms with E-state index in [4.69, 9.17) is 5.73 Å². The van der Waals surface area contributed by atoms with E-state index in [0.717, 1.165) is 11.3 Å². The molecule has 0 heterocycles. The molecule has 0 radical (unpaired) electrons. The zero-order chi connectivity index (χ0) is 13.7. The molecule has 2 rings (SSSR count). The van der Waals surface area contributed by atoms with E-state index in [1.807, 2.05) is 42.5 Å². The molecule has 96 valence electrons. The summed E-state index contributed by atoms with van der Waals surface area (Å²) in [6.45, 7) is 4.12. The van der Waals surface area contributed by atoms with E-state index in [-0.39, 0.29) is 0 Å². The second-order valence-electron chi connectivity index (χ2n) is 4.81. The van der Waals surface area contributed by atoms with Crippen LogP contribution >= 0.6 is 0 Å². The summed E-state index contributed by atoms with van der Waals surface area (Å²) < 4.78 is 0. The van der Waals surface area contributed by atoms with Gasteiger partial charge in [-0.05, 0) is 42.7 Å². The number of benzene rings is 2. The Hall–Kier alpha value is -2.28. The van der Waals surface area contributed by atoms with Crippen molar-refractivity contribution in [3.05, 3.63) is 77.9 Å². The summed E-state index contributed by atoms with van der Waals surface area (Å²) in [5.74, 6) is 0. The van der Waals surface area contributed by atoms with Crippen molar-refractivity contribution in [3.8, 4) is 11.1 Å². The van der Waals surface area contributed by atoms with E-state index in [0.29, 0.717) is 0 Å². The lowest BCUT2D eigenvalue weighted by Gasteiger charge is -2.05. The second kappa shape index (κ2) is 6.05. The predicted octanol–water partition coefficient (Wildman–Crippen LogP) is 4.62. The van der Waals surface area contributed by atoms with Gasteiger partial charge in [-0.1, -0.05) is 60.2 Å². The van der Waals surface area contributed by atoms with Gasteiger partial charge in [-0.2, -0.15) is 0 Å². The van der Waals surface area contributed by atoms with Crippen LogP contribution in [0.5, 0.6) is 0 Å². The molecule has 0 aliphatic heterocycles. The van der Waals surface area contributed by atoms with Crippen LogP contribution in [0.3, 0.4) is 0 Å². The Labute approximate surface area is 115 Å². The third-order valence-electron chi connectivity index (χ3n) is 2.90. The number of nitrogens with two attached hydrogens (primary N) is 1. The SMILES string of the molecule is CC(C)=C/C=C(\N)c1cccc(-c2ccccc2)c1. The summed E-state index contributed by atoms with van der Waals surface area (Å²) in [7, 11) is 0. The highest BCUT2D eigenvalue weighted by molar-refractivity contribution is 5.71. The maximum absolute atomic E-state index is 6.11. The van der Waals surface area contributed by atoms with Gasteiger partial charge in [-0.15, -0.1) is 0 Å². The maximum Gasteiger partial charge on any atom is 0.0387 e. The molecule has 0 aliphatic carbocycles. The fourth-order valence-corrected chi connectivity index (χ4v) is 1.86. The third kappa shape index (κ3) is 3.59. The van der Waals surface area contributed by atoms with Crippen LogP contribution in [0.25, 0.3) is 16.8 Å². The Kier molecular flexibility index (Phi) is 4.19. The fourth-order valence-electron chi connectivity index (χ4n) is 1.86. The molecular weight excluding hydrogens is 230 g/mol. The van der Waals surface area contributed by atoms with Crippen LogP contribution in [0, 0.1) is 0 Å². The van der Waals surface area contributed by atoms with Gasteiger partial charge in [0.2, 0.25) is 0 Å². The Morgan fingerprint density at radius 3 is 2.21 bits per heavy atom. The average Bonchev–Trinajstić information content (AvgIpc) is 2.46. The molecule has 0 aliphatic rings. The molecule has 0 bridgehead atoms. The van der Waals surface area contributed by atoms with Crippen molar-refractivity contribution in [3.63, 3.8) is 0 Å². The van der Waals surface area contributed by atoms with E-state index in [1.54, 1.807) is 0 Å². The van der Waals surface area contributed by atoms with E-state index in [1.165, 1.54) is 16.7 Å². The lowest BCUT2D eigenvalue weighted by atomic mass is 10.0. The molecule has 19 heavy (non-hydrogen) atoms. The Balaban J connectivity index is 2.35. The zero-order valence-corrected chi connectivity index (χ0v) is 11.4. The van der Waals surface area contributed by atoms with Crippen molar-refractivity contribution >= 4 is 5.70 Å². The van der Waals surface area contributed by atoms with Crippen LogP contribution in [-0.4, -0.2) is 0 Å². The summed E-state index contributed by atoms with van der Waals surface area (Å²) in [5, 5.41) is 0. The molecule has 2 N–H and O–H groups in total. The normalized spacial score (nSPS) is 11.2. The predicted molar refractivity (Wildman–Crippen MR) is 83.5 cm³/mol. The van der Waals surface area contributed by atoms with E-state index >= 15 is 0 Å². The molecule has 0 spiro atoms. The molecule has 0 amide bonds. The van der Waals surface area contributed by atoms with Crippen molar-refractivity contribution in [1.82, 2.24) is 0 Å². The van der Waals surface area contributed by atoms with Crippen molar-refractivity contribution in [2.24, 2.45) is 5.73 Å². The minimum absolute atomic E-state index is 0.791. The van der Waals surface area contributed by atoms with E-state index in [2.05, 4.69) is 38.1 Å². The Morgan fingerprint density at radius 1 is 0.842 bits per heavy atom. The number of hydrogen-bond donors (Lipinski definition) is 1. The molecule has 0 saturated heterocycles. The van der Waals surface area contributed by atoms with Gasteiger partial charge < -0.3 is 5.73 Å². The van der Waals surface area contributed by atoms with Crippen molar-refractivity contribution in [2.75, 3.05) is 0 Å². The smallest absolute Gasteiger partial charge is 0.0387 e. The first-order valence-electron chi connectivity index (χ1n) is 6.43. The van der Waals surface area contributed by atoms with E-state index < -0.39 is 0 Å². The highest BCUT2D eigenvalue weighted by Gasteiger charge is 2.00. The van der Waals surface area contributed by atoms with Gasteiger partial charge in [-0.25, -0.2) is 0 Å². The highest BCUT2D eigenvalue weighted by Crippen LogP contribution is 2.22. The van der Waals surface area contributed by atoms with Crippen LogP contribution in [0.15, 0.2) is 72.3 Å². The minimum atomic E-state index is 0.791. The van der Waals surface area contributed by atoms with Gasteiger partial charge in [0.15, 0.2) is 0 Å². The van der Waals surface area contributed by atoms with Gasteiger partial charge in [0.05, 0.1) is 0 Å². The topological polar surface area (TPSA) is 26.0 Å². The molecular formula is C18H19N. The quantitative estimate of drug-likeness (QED) is 0.789. The summed E-state index contributed by atoms with van der Waals surface area (Å²) in [5.41, 5.74) is 11.6. The van der Waals surface area contributed by atoms with Crippen LogP contribution in [0.2, 0.25) is 0 Å². The largest absolute Gasteiger partial charge is 0.398 e. The summed E-state index contributed by atoms with van der Waals surface area (Å²) in [6, 6.07) is 18.6. The van der Waals surface area contributed by atoms with Crippen LogP contribution in [-0.2, 0) is 0 Å². The maximum atomic E-state index is 6.11. The van der Waals surface area contributed by atoms with Crippen LogP contribution in [0.4, 0.5) is 0 Å². The van der Waals surface area contributed by atoms with Gasteiger partial charge >= 0.3 is 0 Å². The van der Waals surface area contributed by atoms with Gasteiger partial charge in [0, 0.05) is 5.70 Å². The molecule has 1 nitrogen and oxygen atoms in total. The molecule has 0 aromatic heterocycles. The van der Waals surface area contributed by atoms with E-state index in [9.17, 15) is 0 Å². The van der Waals surface area contributed by atoms with Gasteiger partial charge in [-0.3, -0.25) is 0 Å². The van der Waals surface area contributed by atoms with Crippen molar-refractivity contribution < 1.29 is 0 Å². The molecule has 2 aromatic rings. The molecule has 2 aromatic carbocycles. The first kappa shape index (κ1) is 13.2. The number of allylic oxidation sites excluding steroid dienone is 3. The lowest BCUT2D eigenvalue weighted by molar-refractivity contribution is 1.39. The average molecular weight is 249 g/mol. The second-order valence-corrected chi connectivity index (χ2v) is 4.81. The number of rotatable bonds is 3. The van der Waals surface area contributed by atoms with Crippen molar-refractivity contribution in [2.45, 2.75) is 13.8 Å². The van der Waals surface area contributed by atoms with Crippen molar-refractivity contribution in [1.29, 1.82) is 0 Å². The van der Waals surface area contributed by atoms with Crippen LogP contribution in [0.1, 0.15) is 19.4 Å². The van der Waals surface area contributed by atoms with Gasteiger partial charge in [0.25, 0.3) is 0 Å². The fraction of sp³-hybridized carbons (Fsp3) is 0.111. The molecule has 0 fully saturated rings. The number of hydrogen-bond acceptors (Lipinski definition) is 1.